The molecule has 19 heavy (non-hydrogen) atoms. The van der Waals surface area contributed by atoms with Crippen LogP contribution in [0.1, 0.15) is 26.2 Å². The lowest BCUT2D eigenvalue weighted by atomic mass is 9.83. The Hall–Kier alpha value is -1.41. The number of nitrogens with zero attached hydrogens (tertiary/aromatic N) is 2. The van der Waals surface area contributed by atoms with Gasteiger partial charge in [0, 0.05) is 13.1 Å². The van der Waals surface area contributed by atoms with Gasteiger partial charge in [-0.2, -0.15) is 9.40 Å². The molecule has 0 saturated carbocycles. The lowest BCUT2D eigenvalue weighted by Gasteiger charge is -2.23. The minimum atomic E-state index is -3.67. The maximum Gasteiger partial charge on any atom is 0.311 e. The van der Waals surface area contributed by atoms with E-state index in [1.807, 2.05) is 6.92 Å². The van der Waals surface area contributed by atoms with Crippen molar-refractivity contribution >= 4 is 16.0 Å². The van der Waals surface area contributed by atoms with E-state index in [1.54, 1.807) is 0 Å². The second kappa shape index (κ2) is 4.93. The molecule has 2 heterocycles. The number of hydrogen-bond acceptors (Lipinski definition) is 4. The Labute approximate surface area is 111 Å². The van der Waals surface area contributed by atoms with E-state index in [0.717, 1.165) is 0 Å². The average molecular weight is 287 g/mol. The number of hydrogen-bond donors (Lipinski definition) is 2. The van der Waals surface area contributed by atoms with Crippen LogP contribution < -0.4 is 0 Å². The van der Waals surface area contributed by atoms with Gasteiger partial charge in [-0.3, -0.25) is 9.89 Å². The quantitative estimate of drug-likeness (QED) is 0.828. The van der Waals surface area contributed by atoms with Crippen LogP contribution in [0.25, 0.3) is 0 Å². The highest BCUT2D eigenvalue weighted by Gasteiger charge is 2.47. The van der Waals surface area contributed by atoms with Gasteiger partial charge in [-0.05, 0) is 18.9 Å². The predicted octanol–water partition coefficient (Wildman–Crippen LogP) is 0.675. The molecule has 0 bridgehead atoms. The summed E-state index contributed by atoms with van der Waals surface area (Å²) in [6.07, 6.45) is 2.91. The number of carbonyl (C=O) groups is 1. The zero-order chi connectivity index (χ0) is 14.1. The van der Waals surface area contributed by atoms with Gasteiger partial charge in [0.1, 0.15) is 0 Å². The monoisotopic (exact) mass is 287 g/mol. The first kappa shape index (κ1) is 14.0. The predicted molar refractivity (Wildman–Crippen MR) is 66.9 cm³/mol. The summed E-state index contributed by atoms with van der Waals surface area (Å²) < 4.78 is 25.8. The summed E-state index contributed by atoms with van der Waals surface area (Å²) in [4.78, 5) is 11.4. The topological polar surface area (TPSA) is 103 Å². The van der Waals surface area contributed by atoms with Gasteiger partial charge in [-0.15, -0.1) is 0 Å². The summed E-state index contributed by atoms with van der Waals surface area (Å²) in [7, 11) is -3.67. The fourth-order valence-electron chi connectivity index (χ4n) is 2.53. The lowest BCUT2D eigenvalue weighted by molar-refractivity contribution is -0.148. The fourth-order valence-corrected chi connectivity index (χ4v) is 3.96. The molecule has 1 aliphatic rings. The fraction of sp³-hybridized carbons (Fsp3) is 0.636. The highest BCUT2D eigenvalue weighted by Crippen LogP contribution is 2.37. The van der Waals surface area contributed by atoms with Gasteiger partial charge < -0.3 is 5.11 Å². The first-order valence-corrected chi connectivity index (χ1v) is 7.59. The van der Waals surface area contributed by atoms with Crippen molar-refractivity contribution in [3.05, 3.63) is 12.3 Å². The SMILES string of the molecule is CCCC1(C(=O)O)CCN(S(=O)(=O)c2ccn[nH]2)C1. The lowest BCUT2D eigenvalue weighted by Crippen LogP contribution is -2.37. The summed E-state index contributed by atoms with van der Waals surface area (Å²) in [5.74, 6) is -0.920. The molecule has 0 radical (unpaired) electrons. The van der Waals surface area contributed by atoms with Crippen LogP contribution in [0.5, 0.6) is 0 Å². The highest BCUT2D eigenvalue weighted by atomic mass is 32.2. The molecule has 0 spiro atoms. The van der Waals surface area contributed by atoms with Crippen LogP contribution in [0, 0.1) is 5.41 Å². The van der Waals surface area contributed by atoms with E-state index in [4.69, 9.17) is 0 Å². The molecule has 0 amide bonds. The largest absolute Gasteiger partial charge is 0.481 e. The molecule has 7 nitrogen and oxygen atoms in total. The van der Waals surface area contributed by atoms with Crippen molar-refractivity contribution in [3.8, 4) is 0 Å². The molecule has 0 aromatic carbocycles. The number of aromatic amines is 1. The Morgan fingerprint density at radius 1 is 1.63 bits per heavy atom. The third-order valence-corrected chi connectivity index (χ3v) is 5.37. The molecule has 2 rings (SSSR count). The third kappa shape index (κ3) is 2.37. The van der Waals surface area contributed by atoms with Gasteiger partial charge in [0.2, 0.25) is 0 Å². The van der Waals surface area contributed by atoms with E-state index in [9.17, 15) is 18.3 Å². The van der Waals surface area contributed by atoms with Gasteiger partial charge in [-0.25, -0.2) is 8.42 Å². The van der Waals surface area contributed by atoms with E-state index in [2.05, 4.69) is 10.2 Å². The Bertz CT molecular complexity index is 555. The molecule has 106 valence electrons. The molecular formula is C11H17N3O4S. The van der Waals surface area contributed by atoms with Gasteiger partial charge in [0.05, 0.1) is 11.6 Å². The average Bonchev–Trinajstić information content (AvgIpc) is 2.99. The van der Waals surface area contributed by atoms with Crippen LogP contribution in [-0.4, -0.2) is 47.1 Å². The van der Waals surface area contributed by atoms with Crippen LogP contribution >= 0.6 is 0 Å². The Kier molecular flexibility index (Phi) is 3.64. The van der Waals surface area contributed by atoms with Crippen molar-refractivity contribution in [2.24, 2.45) is 5.41 Å². The number of carboxylic acids is 1. The van der Waals surface area contributed by atoms with Crippen LogP contribution in [-0.2, 0) is 14.8 Å². The molecule has 1 fully saturated rings. The second-order valence-corrected chi connectivity index (χ2v) is 6.75. The standard InChI is InChI=1S/C11H17N3O4S/c1-2-4-11(10(15)16)5-7-14(8-11)19(17,18)9-3-6-12-13-9/h3,6H,2,4-5,7-8H2,1H3,(H,12,13)(H,15,16). The number of H-pyrrole nitrogens is 1. The minimum Gasteiger partial charge on any atom is -0.481 e. The maximum atomic E-state index is 12.3. The molecule has 1 unspecified atom stereocenters. The molecular weight excluding hydrogens is 270 g/mol. The summed E-state index contributed by atoms with van der Waals surface area (Å²) in [5.41, 5.74) is -0.957. The maximum absolute atomic E-state index is 12.3. The zero-order valence-corrected chi connectivity index (χ0v) is 11.5. The van der Waals surface area contributed by atoms with E-state index >= 15 is 0 Å². The summed E-state index contributed by atoms with van der Waals surface area (Å²) >= 11 is 0. The van der Waals surface area contributed by atoms with E-state index in [1.165, 1.54) is 16.6 Å². The van der Waals surface area contributed by atoms with Crippen molar-refractivity contribution in [3.63, 3.8) is 0 Å². The molecule has 1 aliphatic heterocycles. The van der Waals surface area contributed by atoms with Crippen molar-refractivity contribution < 1.29 is 18.3 Å². The molecule has 2 N–H and O–H groups in total. The number of nitrogens with one attached hydrogen (secondary N) is 1. The normalized spacial score (nSPS) is 24.7. The highest BCUT2D eigenvalue weighted by molar-refractivity contribution is 7.89. The van der Waals surface area contributed by atoms with Crippen molar-refractivity contribution in [2.45, 2.75) is 31.2 Å². The van der Waals surface area contributed by atoms with Gasteiger partial charge in [0.15, 0.2) is 5.03 Å². The van der Waals surface area contributed by atoms with Gasteiger partial charge in [-0.1, -0.05) is 13.3 Å². The van der Waals surface area contributed by atoms with E-state index < -0.39 is 21.4 Å². The Balaban J connectivity index is 2.25. The van der Waals surface area contributed by atoms with Gasteiger partial charge in [0.25, 0.3) is 10.0 Å². The van der Waals surface area contributed by atoms with Crippen molar-refractivity contribution in [2.75, 3.05) is 13.1 Å². The number of aliphatic carboxylic acids is 1. The molecule has 0 aliphatic carbocycles. The van der Waals surface area contributed by atoms with Crippen molar-refractivity contribution in [1.82, 2.24) is 14.5 Å². The summed E-state index contributed by atoms with van der Waals surface area (Å²) in [6.45, 7) is 2.15. The van der Waals surface area contributed by atoms with Gasteiger partial charge >= 0.3 is 5.97 Å². The Morgan fingerprint density at radius 3 is 2.89 bits per heavy atom. The molecule has 8 heteroatoms. The molecule has 1 saturated heterocycles. The molecule has 1 aromatic heterocycles. The molecule has 1 aromatic rings. The summed E-state index contributed by atoms with van der Waals surface area (Å²) in [5, 5.41) is 15.4. The Morgan fingerprint density at radius 2 is 2.37 bits per heavy atom. The number of aromatic nitrogens is 2. The first-order valence-electron chi connectivity index (χ1n) is 6.15. The van der Waals surface area contributed by atoms with Crippen LogP contribution in [0.3, 0.4) is 0 Å². The van der Waals surface area contributed by atoms with Crippen LogP contribution in [0.15, 0.2) is 17.3 Å². The second-order valence-electron chi connectivity index (χ2n) is 4.84. The summed E-state index contributed by atoms with van der Waals surface area (Å²) in [6, 6.07) is 1.37. The number of sulfonamides is 1. The minimum absolute atomic E-state index is 0.00480. The van der Waals surface area contributed by atoms with Crippen molar-refractivity contribution in [1.29, 1.82) is 0 Å². The number of rotatable bonds is 5. The van der Waals surface area contributed by atoms with Crippen LogP contribution in [0.2, 0.25) is 0 Å². The van der Waals surface area contributed by atoms with E-state index in [0.29, 0.717) is 19.3 Å². The number of carboxylic acid groups (broad SMARTS) is 1. The third-order valence-electron chi connectivity index (χ3n) is 3.59. The first-order chi connectivity index (χ1) is 8.92. The zero-order valence-electron chi connectivity index (χ0n) is 10.7. The molecule has 1 atom stereocenters. The van der Waals surface area contributed by atoms with E-state index in [-0.39, 0.29) is 18.1 Å². The smallest absolute Gasteiger partial charge is 0.311 e. The van der Waals surface area contributed by atoms with Crippen LogP contribution in [0.4, 0.5) is 0 Å².